The Morgan fingerprint density at radius 3 is 2.71 bits per heavy atom. The molecule has 0 fully saturated rings. The molecule has 0 unspecified atom stereocenters. The lowest BCUT2D eigenvalue weighted by Gasteiger charge is -2.34. The van der Waals surface area contributed by atoms with E-state index in [1.165, 1.54) is 4.31 Å². The van der Waals surface area contributed by atoms with Crippen LogP contribution in [0.5, 0.6) is 5.75 Å². The van der Waals surface area contributed by atoms with Crippen molar-refractivity contribution in [1.82, 2.24) is 4.31 Å². The standard InChI is InChI=1S/C23H20N2O4S2/c1-2-12-29-20-10-5-9-19(15-20)24-23(26)21-14-17-7-3-4-8-18(17)16-25(21)31(27,28)22-11-6-13-30-22/h1,3-11,13,15,21H,12,14,16H2,(H,24,26)/t21-/m0/s1. The third-order valence-electron chi connectivity index (χ3n) is 4.99. The first kappa shape index (κ1) is 21.1. The molecule has 0 spiro atoms. The monoisotopic (exact) mass is 452 g/mol. The van der Waals surface area contributed by atoms with Crippen LogP contribution >= 0.6 is 11.3 Å². The number of ether oxygens (including phenoxy) is 1. The molecule has 0 bridgehead atoms. The number of hydrogen-bond acceptors (Lipinski definition) is 5. The third kappa shape index (κ3) is 4.49. The smallest absolute Gasteiger partial charge is 0.253 e. The largest absolute Gasteiger partial charge is 0.481 e. The molecule has 6 nitrogen and oxygen atoms in total. The fraction of sp³-hybridized carbons (Fsp3) is 0.174. The van der Waals surface area contributed by atoms with Gasteiger partial charge < -0.3 is 10.1 Å². The summed E-state index contributed by atoms with van der Waals surface area (Å²) in [5, 5.41) is 4.54. The lowest BCUT2D eigenvalue weighted by atomic mass is 9.95. The quantitative estimate of drug-likeness (QED) is 0.581. The molecule has 2 aromatic carbocycles. The molecule has 3 aromatic rings. The Morgan fingerprint density at radius 1 is 1.16 bits per heavy atom. The number of nitrogens with one attached hydrogen (secondary N) is 1. The van der Waals surface area contributed by atoms with Crippen LogP contribution in [0.25, 0.3) is 0 Å². The maximum atomic E-state index is 13.3. The minimum atomic E-state index is -3.82. The van der Waals surface area contributed by atoms with Gasteiger partial charge in [0.1, 0.15) is 22.6 Å². The van der Waals surface area contributed by atoms with Gasteiger partial charge in [0.2, 0.25) is 5.91 Å². The molecule has 0 aliphatic carbocycles. The Balaban J connectivity index is 1.64. The van der Waals surface area contributed by atoms with Crippen LogP contribution in [0.2, 0.25) is 0 Å². The summed E-state index contributed by atoms with van der Waals surface area (Å²) in [5.41, 5.74) is 2.37. The lowest BCUT2D eigenvalue weighted by Crippen LogP contribution is -2.50. The van der Waals surface area contributed by atoms with Crippen LogP contribution in [0.15, 0.2) is 70.3 Å². The third-order valence-corrected chi connectivity index (χ3v) is 8.22. The van der Waals surface area contributed by atoms with E-state index >= 15 is 0 Å². The van der Waals surface area contributed by atoms with E-state index in [-0.39, 0.29) is 17.4 Å². The van der Waals surface area contributed by atoms with E-state index in [1.807, 2.05) is 24.3 Å². The number of terminal acetylenes is 1. The molecule has 4 rings (SSSR count). The number of carbonyl (C=O) groups excluding carboxylic acids is 1. The van der Waals surface area contributed by atoms with Crippen molar-refractivity contribution in [3.8, 4) is 18.1 Å². The minimum absolute atomic E-state index is 0.115. The van der Waals surface area contributed by atoms with Gasteiger partial charge in [-0.2, -0.15) is 4.31 Å². The molecule has 1 aromatic heterocycles. The highest BCUT2D eigenvalue weighted by molar-refractivity contribution is 7.91. The van der Waals surface area contributed by atoms with Crippen molar-refractivity contribution in [2.75, 3.05) is 11.9 Å². The Morgan fingerprint density at radius 2 is 1.97 bits per heavy atom. The van der Waals surface area contributed by atoms with Crippen LogP contribution in [0.4, 0.5) is 5.69 Å². The van der Waals surface area contributed by atoms with E-state index < -0.39 is 22.0 Å². The topological polar surface area (TPSA) is 75.7 Å². The summed E-state index contributed by atoms with van der Waals surface area (Å²) in [5.74, 6) is 2.51. The molecular formula is C23H20N2O4S2. The zero-order valence-electron chi connectivity index (χ0n) is 16.5. The molecule has 1 aliphatic heterocycles. The maximum Gasteiger partial charge on any atom is 0.253 e. The van der Waals surface area contributed by atoms with Crippen molar-refractivity contribution in [3.63, 3.8) is 0 Å². The molecule has 1 aliphatic rings. The van der Waals surface area contributed by atoms with Gasteiger partial charge in [-0.05, 0) is 41.1 Å². The number of anilines is 1. The van der Waals surface area contributed by atoms with Gasteiger partial charge in [0.25, 0.3) is 10.0 Å². The van der Waals surface area contributed by atoms with Crippen molar-refractivity contribution in [1.29, 1.82) is 0 Å². The minimum Gasteiger partial charge on any atom is -0.481 e. The number of amides is 1. The first-order chi connectivity index (χ1) is 15.0. The van der Waals surface area contributed by atoms with Gasteiger partial charge >= 0.3 is 0 Å². The van der Waals surface area contributed by atoms with E-state index in [2.05, 4.69) is 11.2 Å². The molecule has 8 heteroatoms. The molecule has 31 heavy (non-hydrogen) atoms. The van der Waals surface area contributed by atoms with Crippen molar-refractivity contribution < 1.29 is 17.9 Å². The molecule has 0 saturated heterocycles. The Bertz CT molecular complexity index is 1230. The lowest BCUT2D eigenvalue weighted by molar-refractivity contribution is -0.120. The number of hydrogen-bond donors (Lipinski definition) is 1. The van der Waals surface area contributed by atoms with Gasteiger partial charge in [-0.15, -0.1) is 17.8 Å². The summed E-state index contributed by atoms with van der Waals surface area (Å²) in [6.07, 6.45) is 5.51. The first-order valence-corrected chi connectivity index (χ1v) is 11.9. The number of nitrogens with zero attached hydrogens (tertiary/aromatic N) is 1. The molecule has 1 N–H and O–H groups in total. The van der Waals surface area contributed by atoms with Gasteiger partial charge in [0, 0.05) is 18.3 Å². The molecule has 158 valence electrons. The molecule has 0 saturated carbocycles. The van der Waals surface area contributed by atoms with Crippen LogP contribution in [0.3, 0.4) is 0 Å². The SMILES string of the molecule is C#CCOc1cccc(NC(=O)[C@@H]2Cc3ccccc3CN2S(=O)(=O)c2cccs2)c1. The van der Waals surface area contributed by atoms with Crippen molar-refractivity contribution in [3.05, 3.63) is 77.2 Å². The highest BCUT2D eigenvalue weighted by atomic mass is 32.2. The van der Waals surface area contributed by atoms with Crippen molar-refractivity contribution >= 4 is 33.0 Å². The van der Waals surface area contributed by atoms with Crippen molar-refractivity contribution in [2.45, 2.75) is 23.2 Å². The normalized spacial score (nSPS) is 16.2. The van der Waals surface area contributed by atoms with Gasteiger partial charge in [-0.3, -0.25) is 4.79 Å². The van der Waals surface area contributed by atoms with Crippen LogP contribution in [-0.4, -0.2) is 31.3 Å². The second-order valence-electron chi connectivity index (χ2n) is 6.98. The fourth-order valence-corrected chi connectivity index (χ4v) is 6.20. The molecule has 1 amide bonds. The van der Waals surface area contributed by atoms with Gasteiger partial charge in [0.15, 0.2) is 0 Å². The summed E-state index contributed by atoms with van der Waals surface area (Å²) >= 11 is 1.14. The van der Waals surface area contributed by atoms with E-state index in [4.69, 9.17) is 11.2 Å². The maximum absolute atomic E-state index is 13.3. The van der Waals surface area contributed by atoms with Gasteiger partial charge in [-0.1, -0.05) is 42.3 Å². The summed E-state index contributed by atoms with van der Waals surface area (Å²) in [4.78, 5) is 13.2. The Labute approximate surface area is 185 Å². The van der Waals surface area contributed by atoms with E-state index in [9.17, 15) is 13.2 Å². The van der Waals surface area contributed by atoms with Gasteiger partial charge in [0.05, 0.1) is 0 Å². The van der Waals surface area contributed by atoms with Crippen LogP contribution in [-0.2, 0) is 27.8 Å². The van der Waals surface area contributed by atoms with Crippen molar-refractivity contribution in [2.24, 2.45) is 0 Å². The Kier molecular flexibility index (Phi) is 6.09. The number of carbonyl (C=O) groups is 1. The average molecular weight is 453 g/mol. The Hall–Kier alpha value is -3.12. The molecule has 2 heterocycles. The second kappa shape index (κ2) is 8.94. The van der Waals surface area contributed by atoms with Crippen LogP contribution < -0.4 is 10.1 Å². The molecular weight excluding hydrogens is 432 g/mol. The van der Waals surface area contributed by atoms with Crippen LogP contribution in [0.1, 0.15) is 11.1 Å². The summed E-state index contributed by atoms with van der Waals surface area (Å²) < 4.78 is 33.5. The number of fused-ring (bicyclic) bond motifs is 1. The molecule has 0 radical (unpaired) electrons. The number of rotatable bonds is 6. The summed E-state index contributed by atoms with van der Waals surface area (Å²) in [6, 6.07) is 16.8. The zero-order valence-corrected chi connectivity index (χ0v) is 18.2. The van der Waals surface area contributed by atoms with E-state index in [0.29, 0.717) is 17.9 Å². The summed E-state index contributed by atoms with van der Waals surface area (Å²) in [7, 11) is -3.82. The van der Waals surface area contributed by atoms with Gasteiger partial charge in [-0.25, -0.2) is 8.42 Å². The predicted octanol–water partition coefficient (Wildman–Crippen LogP) is 3.51. The first-order valence-electron chi connectivity index (χ1n) is 9.58. The molecule has 1 atom stereocenters. The van der Waals surface area contributed by atoms with E-state index in [1.54, 1.807) is 41.8 Å². The van der Waals surface area contributed by atoms with E-state index in [0.717, 1.165) is 22.5 Å². The number of sulfonamides is 1. The average Bonchev–Trinajstić information content (AvgIpc) is 3.33. The number of thiophene rings is 1. The number of benzene rings is 2. The summed E-state index contributed by atoms with van der Waals surface area (Å²) in [6.45, 7) is 0.253. The highest BCUT2D eigenvalue weighted by Gasteiger charge is 2.40. The van der Waals surface area contributed by atoms with Crippen LogP contribution in [0, 0.1) is 12.3 Å². The fourth-order valence-electron chi connectivity index (χ4n) is 3.52. The highest BCUT2D eigenvalue weighted by Crippen LogP contribution is 2.31. The second-order valence-corrected chi connectivity index (χ2v) is 10.0. The predicted molar refractivity (Wildman–Crippen MR) is 120 cm³/mol. The zero-order chi connectivity index (χ0) is 21.8.